The Morgan fingerprint density at radius 3 is 3.19 bits per heavy atom. The lowest BCUT2D eigenvalue weighted by molar-refractivity contribution is 0.0676. The average molecular weight is 220 g/mol. The van der Waals surface area contributed by atoms with Gasteiger partial charge in [0.2, 0.25) is 0 Å². The Balaban J connectivity index is 2.22. The van der Waals surface area contributed by atoms with Gasteiger partial charge < -0.3 is 10.0 Å². The molecule has 1 unspecified atom stereocenters. The van der Waals surface area contributed by atoms with E-state index in [0.29, 0.717) is 5.56 Å². The molecular formula is C12H16N2O2. The van der Waals surface area contributed by atoms with Crippen molar-refractivity contribution < 1.29 is 9.90 Å². The number of hydrogen-bond acceptors (Lipinski definition) is 3. The predicted molar refractivity (Wildman–Crippen MR) is 60.1 cm³/mol. The number of aromatic nitrogens is 1. The van der Waals surface area contributed by atoms with E-state index in [1.54, 1.807) is 23.2 Å². The molecule has 4 heteroatoms. The first-order valence-corrected chi connectivity index (χ1v) is 5.57. The maximum absolute atomic E-state index is 12.2. The molecular weight excluding hydrogens is 204 g/mol. The first-order valence-electron chi connectivity index (χ1n) is 5.57. The van der Waals surface area contributed by atoms with Gasteiger partial charge in [-0.25, -0.2) is 0 Å². The second-order valence-electron chi connectivity index (χ2n) is 4.11. The zero-order chi connectivity index (χ0) is 11.5. The molecule has 16 heavy (non-hydrogen) atoms. The van der Waals surface area contributed by atoms with Gasteiger partial charge in [-0.15, -0.1) is 0 Å². The molecule has 1 saturated heterocycles. The third kappa shape index (κ3) is 1.93. The van der Waals surface area contributed by atoms with Crippen LogP contribution in [0.3, 0.4) is 0 Å². The number of rotatable bonds is 2. The lowest BCUT2D eigenvalue weighted by Crippen LogP contribution is -2.38. The Hall–Kier alpha value is -1.42. The van der Waals surface area contributed by atoms with Crippen molar-refractivity contribution in [3.8, 4) is 0 Å². The highest BCUT2D eigenvalue weighted by atomic mass is 16.3. The summed E-state index contributed by atoms with van der Waals surface area (Å²) >= 11 is 0. The SMILES string of the molecule is Cc1ncccc1C(=O)N1CCCC1CO. The number of carbonyl (C=O) groups is 1. The molecule has 0 bridgehead atoms. The van der Waals surface area contributed by atoms with Crippen molar-refractivity contribution in [1.29, 1.82) is 0 Å². The summed E-state index contributed by atoms with van der Waals surface area (Å²) in [6, 6.07) is 3.54. The zero-order valence-electron chi connectivity index (χ0n) is 9.39. The predicted octanol–water partition coefficient (Wildman–Crippen LogP) is 0.987. The van der Waals surface area contributed by atoms with Gasteiger partial charge in [0.1, 0.15) is 0 Å². The van der Waals surface area contributed by atoms with Gasteiger partial charge in [-0.3, -0.25) is 9.78 Å². The van der Waals surface area contributed by atoms with E-state index in [2.05, 4.69) is 4.98 Å². The van der Waals surface area contributed by atoms with E-state index >= 15 is 0 Å². The topological polar surface area (TPSA) is 53.4 Å². The fourth-order valence-electron chi connectivity index (χ4n) is 2.16. The molecule has 0 saturated carbocycles. The fraction of sp³-hybridized carbons (Fsp3) is 0.500. The summed E-state index contributed by atoms with van der Waals surface area (Å²) in [7, 11) is 0. The van der Waals surface area contributed by atoms with Crippen LogP contribution in [-0.4, -0.2) is 40.1 Å². The molecule has 0 radical (unpaired) electrons. The van der Waals surface area contributed by atoms with Crippen molar-refractivity contribution in [3.05, 3.63) is 29.6 Å². The second-order valence-corrected chi connectivity index (χ2v) is 4.11. The van der Waals surface area contributed by atoms with Gasteiger partial charge in [0.15, 0.2) is 0 Å². The quantitative estimate of drug-likeness (QED) is 0.808. The Morgan fingerprint density at radius 1 is 1.69 bits per heavy atom. The number of carbonyl (C=O) groups excluding carboxylic acids is 1. The van der Waals surface area contributed by atoms with E-state index in [4.69, 9.17) is 0 Å². The standard InChI is InChI=1S/C12H16N2O2/c1-9-11(5-2-6-13-9)12(16)14-7-3-4-10(14)8-15/h2,5-6,10,15H,3-4,7-8H2,1H3. The highest BCUT2D eigenvalue weighted by Crippen LogP contribution is 2.20. The molecule has 1 aromatic heterocycles. The van der Waals surface area contributed by atoms with Crippen molar-refractivity contribution in [2.24, 2.45) is 0 Å². The van der Waals surface area contributed by atoms with Gasteiger partial charge in [0.25, 0.3) is 5.91 Å². The Bertz CT molecular complexity index is 392. The summed E-state index contributed by atoms with van der Waals surface area (Å²) in [6.45, 7) is 2.61. The van der Waals surface area contributed by atoms with Crippen molar-refractivity contribution >= 4 is 5.91 Å². The molecule has 1 atom stereocenters. The molecule has 2 rings (SSSR count). The number of aliphatic hydroxyl groups excluding tert-OH is 1. The molecule has 1 aliphatic heterocycles. The van der Waals surface area contributed by atoms with E-state index < -0.39 is 0 Å². The van der Waals surface area contributed by atoms with Crippen molar-refractivity contribution in [2.75, 3.05) is 13.2 Å². The van der Waals surface area contributed by atoms with Crippen LogP contribution in [0.15, 0.2) is 18.3 Å². The van der Waals surface area contributed by atoms with Gasteiger partial charge in [-0.1, -0.05) is 0 Å². The van der Waals surface area contributed by atoms with E-state index in [-0.39, 0.29) is 18.6 Å². The van der Waals surface area contributed by atoms with E-state index in [1.807, 2.05) is 6.92 Å². The van der Waals surface area contributed by atoms with E-state index in [9.17, 15) is 9.90 Å². The van der Waals surface area contributed by atoms with E-state index in [1.165, 1.54) is 0 Å². The van der Waals surface area contributed by atoms with Crippen LogP contribution >= 0.6 is 0 Å². The highest BCUT2D eigenvalue weighted by Gasteiger charge is 2.29. The monoisotopic (exact) mass is 220 g/mol. The van der Waals surface area contributed by atoms with Gasteiger partial charge in [0.05, 0.1) is 18.2 Å². The Kier molecular flexibility index (Phi) is 3.19. The summed E-state index contributed by atoms with van der Waals surface area (Å²) in [4.78, 5) is 18.1. The minimum absolute atomic E-state index is 0.0119. The van der Waals surface area contributed by atoms with Crippen LogP contribution in [0.5, 0.6) is 0 Å². The number of pyridine rings is 1. The summed E-state index contributed by atoms with van der Waals surface area (Å²) in [5.74, 6) is -0.0119. The number of hydrogen-bond donors (Lipinski definition) is 1. The van der Waals surface area contributed by atoms with Crippen molar-refractivity contribution in [2.45, 2.75) is 25.8 Å². The van der Waals surface area contributed by atoms with Gasteiger partial charge in [-0.2, -0.15) is 0 Å². The molecule has 1 fully saturated rings. The van der Waals surface area contributed by atoms with Crippen LogP contribution in [-0.2, 0) is 0 Å². The second kappa shape index (κ2) is 4.61. The van der Waals surface area contributed by atoms with Crippen LogP contribution in [0.25, 0.3) is 0 Å². The minimum atomic E-state index is -0.0212. The van der Waals surface area contributed by atoms with Crippen molar-refractivity contribution in [3.63, 3.8) is 0 Å². The van der Waals surface area contributed by atoms with Gasteiger partial charge in [-0.05, 0) is 31.9 Å². The van der Waals surface area contributed by atoms with Crippen molar-refractivity contribution in [1.82, 2.24) is 9.88 Å². The summed E-state index contributed by atoms with van der Waals surface area (Å²) < 4.78 is 0. The number of aryl methyl sites for hydroxylation is 1. The van der Waals surface area contributed by atoms with Crippen LogP contribution in [0.2, 0.25) is 0 Å². The fourth-order valence-corrected chi connectivity index (χ4v) is 2.16. The molecule has 2 heterocycles. The summed E-state index contributed by atoms with van der Waals surface area (Å²) in [6.07, 6.45) is 3.54. The molecule has 0 aliphatic carbocycles. The summed E-state index contributed by atoms with van der Waals surface area (Å²) in [5, 5.41) is 9.19. The molecule has 1 N–H and O–H groups in total. The number of nitrogens with zero attached hydrogens (tertiary/aromatic N) is 2. The molecule has 0 aromatic carbocycles. The molecule has 0 spiro atoms. The van der Waals surface area contributed by atoms with Crippen LogP contribution in [0.1, 0.15) is 28.9 Å². The van der Waals surface area contributed by atoms with Crippen LogP contribution in [0, 0.1) is 6.92 Å². The normalized spacial score (nSPS) is 20.1. The van der Waals surface area contributed by atoms with Gasteiger partial charge in [0, 0.05) is 18.4 Å². The van der Waals surface area contributed by atoms with E-state index in [0.717, 1.165) is 25.1 Å². The first-order chi connectivity index (χ1) is 7.74. The average Bonchev–Trinajstić information content (AvgIpc) is 2.77. The third-order valence-electron chi connectivity index (χ3n) is 3.09. The van der Waals surface area contributed by atoms with Crippen LogP contribution < -0.4 is 0 Å². The maximum Gasteiger partial charge on any atom is 0.256 e. The lowest BCUT2D eigenvalue weighted by Gasteiger charge is -2.23. The Labute approximate surface area is 94.9 Å². The lowest BCUT2D eigenvalue weighted by atomic mass is 10.1. The zero-order valence-corrected chi connectivity index (χ0v) is 9.39. The highest BCUT2D eigenvalue weighted by molar-refractivity contribution is 5.95. The maximum atomic E-state index is 12.2. The van der Waals surface area contributed by atoms with Crippen LogP contribution in [0.4, 0.5) is 0 Å². The molecule has 4 nitrogen and oxygen atoms in total. The number of likely N-dealkylation sites (tertiary alicyclic amines) is 1. The minimum Gasteiger partial charge on any atom is -0.394 e. The largest absolute Gasteiger partial charge is 0.394 e. The molecule has 1 aromatic rings. The smallest absolute Gasteiger partial charge is 0.256 e. The molecule has 1 amide bonds. The van der Waals surface area contributed by atoms with Gasteiger partial charge >= 0.3 is 0 Å². The Morgan fingerprint density at radius 2 is 2.50 bits per heavy atom. The third-order valence-corrected chi connectivity index (χ3v) is 3.09. The molecule has 1 aliphatic rings. The number of aliphatic hydroxyl groups is 1. The first kappa shape index (κ1) is 11.1. The molecule has 86 valence electrons. The summed E-state index contributed by atoms with van der Waals surface area (Å²) in [5.41, 5.74) is 1.39. The number of amides is 1.